The van der Waals surface area contributed by atoms with Crippen molar-refractivity contribution in [1.82, 2.24) is 14.5 Å². The van der Waals surface area contributed by atoms with Gasteiger partial charge in [0, 0.05) is 32.2 Å². The highest BCUT2D eigenvalue weighted by atomic mass is 32.2. The zero-order valence-electron chi connectivity index (χ0n) is 15.3. The number of piperazine rings is 1. The van der Waals surface area contributed by atoms with Gasteiger partial charge in [-0.3, -0.25) is 9.69 Å². The first-order valence-corrected chi connectivity index (χ1v) is 10.2. The Morgan fingerprint density at radius 3 is 2.54 bits per heavy atom. The van der Waals surface area contributed by atoms with Crippen molar-refractivity contribution in [3.8, 4) is 0 Å². The first-order chi connectivity index (χ1) is 13.3. The lowest BCUT2D eigenvalue weighted by atomic mass is 10.2. The standard InChI is InChI=1S/C18H21F2N3O4S/c1-13(16-3-2-10-27-16)21-18(24)12-22-6-8-23(9-7-22)28(25,26)17-5-4-14(19)11-15(17)20/h2-5,10-11,13H,6-9,12H2,1H3,(H,21,24)/t13-/m0/s1. The van der Waals surface area contributed by atoms with E-state index in [1.807, 2.05) is 4.90 Å². The molecule has 1 aliphatic heterocycles. The van der Waals surface area contributed by atoms with E-state index in [-0.39, 0.29) is 31.6 Å². The second-order valence-electron chi connectivity index (χ2n) is 6.56. The largest absolute Gasteiger partial charge is 0.467 e. The van der Waals surface area contributed by atoms with E-state index in [9.17, 15) is 22.0 Å². The van der Waals surface area contributed by atoms with Crippen molar-refractivity contribution in [2.75, 3.05) is 32.7 Å². The van der Waals surface area contributed by atoms with Crippen molar-refractivity contribution in [1.29, 1.82) is 0 Å². The molecule has 0 bridgehead atoms. The lowest BCUT2D eigenvalue weighted by Crippen LogP contribution is -2.51. The molecule has 152 valence electrons. The molecule has 0 radical (unpaired) electrons. The molecule has 10 heteroatoms. The normalized spacial score (nSPS) is 17.4. The monoisotopic (exact) mass is 413 g/mol. The molecule has 2 aromatic rings. The summed E-state index contributed by atoms with van der Waals surface area (Å²) in [6.45, 7) is 2.79. The molecule has 1 saturated heterocycles. The summed E-state index contributed by atoms with van der Waals surface area (Å²) in [5, 5.41) is 2.82. The molecule has 1 aromatic heterocycles. The first kappa shape index (κ1) is 20.4. The number of halogens is 2. The molecule has 0 spiro atoms. The van der Waals surface area contributed by atoms with Gasteiger partial charge >= 0.3 is 0 Å². The van der Waals surface area contributed by atoms with Gasteiger partial charge in [-0.2, -0.15) is 4.31 Å². The Morgan fingerprint density at radius 1 is 1.21 bits per heavy atom. The molecule has 3 rings (SSSR count). The Morgan fingerprint density at radius 2 is 1.93 bits per heavy atom. The molecular formula is C18H21F2N3O4S. The fourth-order valence-electron chi connectivity index (χ4n) is 3.05. The molecule has 1 atom stereocenters. The Kier molecular flexibility index (Phi) is 6.11. The first-order valence-electron chi connectivity index (χ1n) is 8.77. The molecule has 1 amide bonds. The summed E-state index contributed by atoms with van der Waals surface area (Å²) in [5.41, 5.74) is 0. The number of hydrogen-bond donors (Lipinski definition) is 1. The Labute approximate surface area is 162 Å². The number of sulfonamides is 1. The highest BCUT2D eigenvalue weighted by molar-refractivity contribution is 7.89. The van der Waals surface area contributed by atoms with Crippen LogP contribution in [0.2, 0.25) is 0 Å². The predicted molar refractivity (Wildman–Crippen MR) is 96.8 cm³/mol. The lowest BCUT2D eigenvalue weighted by Gasteiger charge is -2.33. The van der Waals surface area contributed by atoms with Gasteiger partial charge in [0.15, 0.2) is 0 Å². The third-order valence-electron chi connectivity index (χ3n) is 4.56. The molecule has 1 aliphatic rings. The van der Waals surface area contributed by atoms with E-state index < -0.39 is 26.6 Å². The molecular weight excluding hydrogens is 392 g/mol. The van der Waals surface area contributed by atoms with Gasteiger partial charge in [0.25, 0.3) is 0 Å². The van der Waals surface area contributed by atoms with Crippen LogP contribution in [0.25, 0.3) is 0 Å². The minimum absolute atomic E-state index is 0.111. The zero-order valence-corrected chi connectivity index (χ0v) is 16.1. The fourth-order valence-corrected chi connectivity index (χ4v) is 4.52. The minimum Gasteiger partial charge on any atom is -0.467 e. The average Bonchev–Trinajstić information content (AvgIpc) is 3.16. The Balaban J connectivity index is 1.54. The number of benzene rings is 1. The second kappa shape index (κ2) is 8.38. The van der Waals surface area contributed by atoms with Crippen molar-refractivity contribution in [3.05, 3.63) is 54.0 Å². The smallest absolute Gasteiger partial charge is 0.246 e. The van der Waals surface area contributed by atoms with Gasteiger partial charge in [-0.15, -0.1) is 0 Å². The zero-order chi connectivity index (χ0) is 20.3. The maximum absolute atomic E-state index is 13.9. The van der Waals surface area contributed by atoms with Gasteiger partial charge in [0.2, 0.25) is 15.9 Å². The van der Waals surface area contributed by atoms with Crippen LogP contribution < -0.4 is 5.32 Å². The highest BCUT2D eigenvalue weighted by Gasteiger charge is 2.31. The molecule has 28 heavy (non-hydrogen) atoms. The molecule has 0 unspecified atom stereocenters. The van der Waals surface area contributed by atoms with Crippen LogP contribution in [-0.2, 0) is 14.8 Å². The van der Waals surface area contributed by atoms with E-state index in [2.05, 4.69) is 5.32 Å². The van der Waals surface area contributed by atoms with E-state index in [1.165, 1.54) is 6.26 Å². The van der Waals surface area contributed by atoms with E-state index in [1.54, 1.807) is 19.1 Å². The number of carbonyl (C=O) groups is 1. The van der Waals surface area contributed by atoms with E-state index in [0.29, 0.717) is 24.9 Å². The van der Waals surface area contributed by atoms with Gasteiger partial charge in [0.1, 0.15) is 22.3 Å². The quantitative estimate of drug-likeness (QED) is 0.780. The molecule has 0 aliphatic carbocycles. The van der Waals surface area contributed by atoms with Crippen molar-refractivity contribution in [3.63, 3.8) is 0 Å². The van der Waals surface area contributed by atoms with Crippen LogP contribution in [0.4, 0.5) is 8.78 Å². The van der Waals surface area contributed by atoms with Crippen molar-refractivity contribution in [2.24, 2.45) is 0 Å². The topological polar surface area (TPSA) is 82.9 Å². The van der Waals surface area contributed by atoms with Crippen LogP contribution in [0, 0.1) is 11.6 Å². The van der Waals surface area contributed by atoms with Crippen LogP contribution in [-0.4, -0.2) is 56.3 Å². The number of hydrogen-bond acceptors (Lipinski definition) is 5. The van der Waals surface area contributed by atoms with Crippen molar-refractivity contribution >= 4 is 15.9 Å². The number of rotatable bonds is 6. The summed E-state index contributed by atoms with van der Waals surface area (Å²) in [5.74, 6) is -1.51. The third-order valence-corrected chi connectivity index (χ3v) is 6.49. The van der Waals surface area contributed by atoms with Crippen molar-refractivity contribution < 1.29 is 26.4 Å². The van der Waals surface area contributed by atoms with E-state index in [0.717, 1.165) is 16.4 Å². The summed E-state index contributed by atoms with van der Waals surface area (Å²) in [6, 6.07) is 5.62. The fraction of sp³-hybridized carbons (Fsp3) is 0.389. The number of nitrogens with one attached hydrogen (secondary N) is 1. The van der Waals surface area contributed by atoms with Gasteiger partial charge in [0.05, 0.1) is 18.8 Å². The van der Waals surface area contributed by atoms with Gasteiger partial charge in [-0.25, -0.2) is 17.2 Å². The van der Waals surface area contributed by atoms with Crippen LogP contribution >= 0.6 is 0 Å². The maximum atomic E-state index is 13.9. The molecule has 1 aromatic carbocycles. The van der Waals surface area contributed by atoms with Gasteiger partial charge in [-0.1, -0.05) is 0 Å². The van der Waals surface area contributed by atoms with Gasteiger partial charge < -0.3 is 9.73 Å². The maximum Gasteiger partial charge on any atom is 0.246 e. The Hall–Kier alpha value is -2.30. The average molecular weight is 413 g/mol. The third kappa shape index (κ3) is 4.57. The number of carbonyl (C=O) groups excluding carboxylic acids is 1. The SMILES string of the molecule is C[C@H](NC(=O)CN1CCN(S(=O)(=O)c2ccc(F)cc2F)CC1)c1ccco1. The second-order valence-corrected chi connectivity index (χ2v) is 8.47. The number of nitrogens with zero attached hydrogens (tertiary/aromatic N) is 2. The molecule has 7 nitrogen and oxygen atoms in total. The van der Waals surface area contributed by atoms with Crippen molar-refractivity contribution in [2.45, 2.75) is 17.9 Å². The molecule has 0 saturated carbocycles. The van der Waals surface area contributed by atoms with Crippen LogP contribution in [0.1, 0.15) is 18.7 Å². The van der Waals surface area contributed by atoms with Crippen LogP contribution in [0.15, 0.2) is 45.9 Å². The molecule has 1 fully saturated rings. The van der Waals surface area contributed by atoms with Gasteiger partial charge in [-0.05, 0) is 31.2 Å². The number of furan rings is 1. The van der Waals surface area contributed by atoms with Crippen LogP contribution in [0.3, 0.4) is 0 Å². The molecule has 2 heterocycles. The minimum atomic E-state index is -4.06. The molecule has 1 N–H and O–H groups in total. The number of amides is 1. The summed E-state index contributed by atoms with van der Waals surface area (Å²) in [7, 11) is -4.06. The summed E-state index contributed by atoms with van der Waals surface area (Å²) < 4.78 is 58.4. The lowest BCUT2D eigenvalue weighted by molar-refractivity contribution is -0.123. The summed E-state index contributed by atoms with van der Waals surface area (Å²) >= 11 is 0. The van der Waals surface area contributed by atoms with Crippen LogP contribution in [0.5, 0.6) is 0 Å². The van der Waals surface area contributed by atoms with E-state index in [4.69, 9.17) is 4.42 Å². The highest BCUT2D eigenvalue weighted by Crippen LogP contribution is 2.21. The van der Waals surface area contributed by atoms with E-state index >= 15 is 0 Å². The predicted octanol–water partition coefficient (Wildman–Crippen LogP) is 1.74. The summed E-state index contributed by atoms with van der Waals surface area (Å²) in [6.07, 6.45) is 1.53. The summed E-state index contributed by atoms with van der Waals surface area (Å²) in [4.78, 5) is 13.4. The Bertz CT molecular complexity index is 926.